The molecule has 1 amide bonds. The molecule has 1 heterocycles. The zero-order valence-electron chi connectivity index (χ0n) is 11.4. The average molecular weight is 273 g/mol. The van der Waals surface area contributed by atoms with Gasteiger partial charge < -0.3 is 4.90 Å². The van der Waals surface area contributed by atoms with Gasteiger partial charge in [0, 0.05) is 13.1 Å². The van der Waals surface area contributed by atoms with Crippen LogP contribution in [0, 0.1) is 5.92 Å². The number of carbonyl (C=O) groups excluding carboxylic acids is 1. The molecule has 0 saturated carbocycles. The van der Waals surface area contributed by atoms with E-state index in [0.29, 0.717) is 25.9 Å². The summed E-state index contributed by atoms with van der Waals surface area (Å²) in [5.41, 5.74) is 0. The summed E-state index contributed by atoms with van der Waals surface area (Å²) in [6.07, 6.45) is 4.38. The van der Waals surface area contributed by atoms with Crippen LogP contribution in [0.4, 0.5) is 0 Å². The second-order valence-corrected chi connectivity index (χ2v) is 7.57. The second kappa shape index (κ2) is 6.36. The lowest BCUT2D eigenvalue weighted by Gasteiger charge is -2.31. The maximum absolute atomic E-state index is 12.1. The lowest BCUT2D eigenvalue weighted by molar-refractivity contribution is -0.126. The van der Waals surface area contributed by atoms with Gasteiger partial charge in [-0.3, -0.25) is 4.79 Å². The van der Waals surface area contributed by atoms with Crippen LogP contribution in [0.3, 0.4) is 0 Å². The van der Waals surface area contributed by atoms with Crippen molar-refractivity contribution in [3.8, 4) is 0 Å². The van der Waals surface area contributed by atoms with E-state index in [2.05, 4.69) is 0 Å². The van der Waals surface area contributed by atoms with E-state index >= 15 is 0 Å². The maximum atomic E-state index is 12.1. The third kappa shape index (κ3) is 4.12. The fourth-order valence-corrected chi connectivity index (χ4v) is 4.41. The van der Waals surface area contributed by atoms with Crippen molar-refractivity contribution in [3.05, 3.63) is 12.2 Å². The molecule has 1 rings (SSSR count). The molecule has 0 aromatic heterocycles. The fraction of sp³-hybridized carbons (Fsp3) is 0.769. The molecule has 0 aromatic rings. The summed E-state index contributed by atoms with van der Waals surface area (Å²) in [7, 11) is -3.00. The van der Waals surface area contributed by atoms with Gasteiger partial charge in [-0.15, -0.1) is 0 Å². The minimum absolute atomic E-state index is 0.0165. The van der Waals surface area contributed by atoms with E-state index in [1.54, 1.807) is 17.9 Å². The molecule has 0 unspecified atom stereocenters. The van der Waals surface area contributed by atoms with Crippen LogP contribution in [0.2, 0.25) is 0 Å². The second-order valence-electron chi connectivity index (χ2n) is 5.25. The highest BCUT2D eigenvalue weighted by Gasteiger charge is 2.31. The lowest BCUT2D eigenvalue weighted by Crippen LogP contribution is -2.42. The minimum atomic E-state index is -3.00. The van der Waals surface area contributed by atoms with Gasteiger partial charge in [-0.25, -0.2) is 8.42 Å². The van der Waals surface area contributed by atoms with Gasteiger partial charge in [0.15, 0.2) is 9.84 Å². The first kappa shape index (κ1) is 15.2. The number of piperidine rings is 1. The van der Waals surface area contributed by atoms with Crippen LogP contribution in [0.15, 0.2) is 12.2 Å². The van der Waals surface area contributed by atoms with Crippen molar-refractivity contribution in [2.75, 3.05) is 18.8 Å². The number of hydrogen-bond donors (Lipinski definition) is 0. The van der Waals surface area contributed by atoms with Crippen molar-refractivity contribution in [2.24, 2.45) is 5.92 Å². The van der Waals surface area contributed by atoms with E-state index < -0.39 is 9.84 Å². The van der Waals surface area contributed by atoms with Crippen LogP contribution < -0.4 is 0 Å². The number of nitrogens with zero attached hydrogens (tertiary/aromatic N) is 1. The molecule has 5 heteroatoms. The molecule has 0 atom stereocenters. The normalized spacial score (nSPS) is 18.8. The Hall–Kier alpha value is -0.840. The van der Waals surface area contributed by atoms with Gasteiger partial charge in [0.05, 0.1) is 11.0 Å². The lowest BCUT2D eigenvalue weighted by atomic mass is 10.1. The highest BCUT2D eigenvalue weighted by molar-refractivity contribution is 7.92. The van der Waals surface area contributed by atoms with Gasteiger partial charge in [0.1, 0.15) is 0 Å². The zero-order chi connectivity index (χ0) is 13.8. The number of likely N-dealkylation sites (tertiary alicyclic amines) is 1. The van der Waals surface area contributed by atoms with Crippen LogP contribution in [0.1, 0.15) is 33.6 Å². The number of amides is 1. The van der Waals surface area contributed by atoms with Gasteiger partial charge in [0.2, 0.25) is 5.91 Å². The van der Waals surface area contributed by atoms with E-state index in [0.717, 1.165) is 0 Å². The smallest absolute Gasteiger partial charge is 0.246 e. The van der Waals surface area contributed by atoms with E-state index in [4.69, 9.17) is 0 Å². The minimum Gasteiger partial charge on any atom is -0.339 e. The predicted octanol–water partition coefficient (Wildman–Crippen LogP) is 1.62. The van der Waals surface area contributed by atoms with Gasteiger partial charge >= 0.3 is 0 Å². The van der Waals surface area contributed by atoms with E-state index in [-0.39, 0.29) is 22.8 Å². The molecule has 1 aliphatic rings. The molecule has 0 radical (unpaired) electrons. The molecule has 18 heavy (non-hydrogen) atoms. The molecular formula is C13H23NO3S. The number of rotatable bonds is 4. The SMILES string of the molecule is C/C=C/C(=O)N1CCC(S(=O)(=O)CC(C)C)CC1. The number of sulfone groups is 1. The van der Waals surface area contributed by atoms with Gasteiger partial charge in [-0.05, 0) is 31.8 Å². The van der Waals surface area contributed by atoms with Crippen LogP contribution in [0.5, 0.6) is 0 Å². The predicted molar refractivity (Wildman–Crippen MR) is 73.0 cm³/mol. The quantitative estimate of drug-likeness (QED) is 0.731. The van der Waals surface area contributed by atoms with Gasteiger partial charge in [-0.2, -0.15) is 0 Å². The van der Waals surface area contributed by atoms with Crippen LogP contribution in [-0.4, -0.2) is 43.3 Å². The number of hydrogen-bond acceptors (Lipinski definition) is 3. The Kier molecular flexibility index (Phi) is 5.38. The van der Waals surface area contributed by atoms with E-state index in [1.807, 2.05) is 13.8 Å². The fourth-order valence-electron chi connectivity index (χ4n) is 2.28. The van der Waals surface area contributed by atoms with Crippen molar-refractivity contribution in [3.63, 3.8) is 0 Å². The molecule has 104 valence electrons. The van der Waals surface area contributed by atoms with Gasteiger partial charge in [-0.1, -0.05) is 19.9 Å². The summed E-state index contributed by atoms with van der Waals surface area (Å²) in [5.74, 6) is 0.399. The molecule has 1 aliphatic heterocycles. The number of carbonyl (C=O) groups is 1. The molecule has 0 bridgehead atoms. The first-order valence-electron chi connectivity index (χ1n) is 6.50. The van der Waals surface area contributed by atoms with Crippen molar-refractivity contribution < 1.29 is 13.2 Å². The third-order valence-electron chi connectivity index (χ3n) is 3.14. The monoisotopic (exact) mass is 273 g/mol. The van der Waals surface area contributed by atoms with Crippen molar-refractivity contribution in [1.82, 2.24) is 4.90 Å². The summed E-state index contributed by atoms with van der Waals surface area (Å²) < 4.78 is 24.2. The molecule has 0 spiro atoms. The first-order chi connectivity index (χ1) is 8.36. The largest absolute Gasteiger partial charge is 0.339 e. The first-order valence-corrected chi connectivity index (χ1v) is 8.21. The van der Waals surface area contributed by atoms with Crippen LogP contribution >= 0.6 is 0 Å². The molecule has 4 nitrogen and oxygen atoms in total. The van der Waals surface area contributed by atoms with Crippen LogP contribution in [0.25, 0.3) is 0 Å². The average Bonchev–Trinajstić information content (AvgIpc) is 2.28. The Bertz CT molecular complexity index is 404. The Balaban J connectivity index is 2.56. The molecule has 1 fully saturated rings. The summed E-state index contributed by atoms with van der Waals surface area (Å²) in [5, 5.41) is -0.269. The van der Waals surface area contributed by atoms with E-state index in [1.165, 1.54) is 6.08 Å². The van der Waals surface area contributed by atoms with E-state index in [9.17, 15) is 13.2 Å². The molecule has 0 aromatic carbocycles. The van der Waals surface area contributed by atoms with Crippen molar-refractivity contribution in [2.45, 2.75) is 38.9 Å². The topological polar surface area (TPSA) is 54.5 Å². The van der Waals surface area contributed by atoms with Crippen LogP contribution in [-0.2, 0) is 14.6 Å². The molecule has 0 N–H and O–H groups in total. The summed E-state index contributed by atoms with van der Waals surface area (Å²) in [6.45, 7) is 6.73. The summed E-state index contributed by atoms with van der Waals surface area (Å²) >= 11 is 0. The molecule has 0 aliphatic carbocycles. The van der Waals surface area contributed by atoms with Crippen molar-refractivity contribution >= 4 is 15.7 Å². The standard InChI is InChI=1S/C13H23NO3S/c1-4-5-13(15)14-8-6-12(7-9-14)18(16,17)10-11(2)3/h4-5,11-12H,6-10H2,1-3H3/b5-4+. The Morgan fingerprint density at radius 3 is 2.33 bits per heavy atom. The Morgan fingerprint density at radius 1 is 1.33 bits per heavy atom. The molecule has 1 saturated heterocycles. The van der Waals surface area contributed by atoms with Crippen molar-refractivity contribution in [1.29, 1.82) is 0 Å². The summed E-state index contributed by atoms with van der Waals surface area (Å²) in [6, 6.07) is 0. The highest BCUT2D eigenvalue weighted by atomic mass is 32.2. The summed E-state index contributed by atoms with van der Waals surface area (Å²) in [4.78, 5) is 13.3. The number of allylic oxidation sites excluding steroid dienone is 1. The Labute approximate surface area is 110 Å². The third-order valence-corrected chi connectivity index (χ3v) is 5.75. The highest BCUT2D eigenvalue weighted by Crippen LogP contribution is 2.20. The van der Waals surface area contributed by atoms with Gasteiger partial charge in [0.25, 0.3) is 0 Å². The maximum Gasteiger partial charge on any atom is 0.246 e. The Morgan fingerprint density at radius 2 is 1.89 bits per heavy atom. The zero-order valence-corrected chi connectivity index (χ0v) is 12.2. The molecular weight excluding hydrogens is 250 g/mol.